The fourth-order valence-electron chi connectivity index (χ4n) is 4.41. The number of amides is 2. The average Bonchev–Trinajstić information content (AvgIpc) is 3.21. The Hall–Kier alpha value is -1.95. The van der Waals surface area contributed by atoms with Crippen LogP contribution in [0.5, 0.6) is 0 Å². The van der Waals surface area contributed by atoms with Gasteiger partial charge in [0.2, 0.25) is 11.8 Å². The van der Waals surface area contributed by atoms with Crippen LogP contribution in [-0.4, -0.2) is 58.8 Å². The first-order chi connectivity index (χ1) is 13.4. The second-order valence-electron chi connectivity index (χ2n) is 9.11. The second-order valence-corrected chi connectivity index (χ2v) is 9.11. The summed E-state index contributed by atoms with van der Waals surface area (Å²) in [7, 11) is 0. The average molecular weight is 387 g/mol. The molecule has 6 nitrogen and oxygen atoms in total. The number of nitrogens with one attached hydrogen (secondary N) is 1. The summed E-state index contributed by atoms with van der Waals surface area (Å²) in [4.78, 5) is 34.2. The third-order valence-corrected chi connectivity index (χ3v) is 5.92. The summed E-state index contributed by atoms with van der Waals surface area (Å²) >= 11 is 0. The molecule has 1 aromatic heterocycles. The molecule has 154 valence electrons. The lowest BCUT2D eigenvalue weighted by molar-refractivity contribution is -0.142. The van der Waals surface area contributed by atoms with Gasteiger partial charge in [-0.15, -0.1) is 0 Å². The Kier molecular flexibility index (Phi) is 6.70. The van der Waals surface area contributed by atoms with Gasteiger partial charge in [-0.3, -0.25) is 19.5 Å². The Balaban J connectivity index is 1.62. The van der Waals surface area contributed by atoms with Gasteiger partial charge in [-0.2, -0.15) is 0 Å². The number of piperazine rings is 1. The zero-order valence-electron chi connectivity index (χ0n) is 17.5. The maximum Gasteiger partial charge on any atom is 0.237 e. The Labute approximate surface area is 168 Å². The Morgan fingerprint density at radius 1 is 1.14 bits per heavy atom. The molecule has 28 heavy (non-hydrogen) atoms. The first-order valence-corrected chi connectivity index (χ1v) is 10.6. The van der Waals surface area contributed by atoms with Crippen LogP contribution < -0.4 is 5.32 Å². The summed E-state index contributed by atoms with van der Waals surface area (Å²) in [6, 6.07) is 5.65. The number of hydrogen-bond donors (Lipinski definition) is 1. The number of pyridine rings is 1. The van der Waals surface area contributed by atoms with E-state index >= 15 is 0 Å². The third-order valence-electron chi connectivity index (χ3n) is 5.92. The Morgan fingerprint density at radius 3 is 2.39 bits per heavy atom. The summed E-state index contributed by atoms with van der Waals surface area (Å²) in [6.45, 7) is 9.29. The van der Waals surface area contributed by atoms with Crippen molar-refractivity contribution in [3.05, 3.63) is 30.1 Å². The van der Waals surface area contributed by atoms with E-state index in [4.69, 9.17) is 0 Å². The monoisotopic (exact) mass is 386 g/mol. The number of carbonyl (C=O) groups is 2. The van der Waals surface area contributed by atoms with Crippen LogP contribution in [0.25, 0.3) is 0 Å². The molecule has 3 rings (SSSR count). The molecular weight excluding hydrogens is 352 g/mol. The lowest BCUT2D eigenvalue weighted by Gasteiger charge is -2.42. The molecule has 1 saturated heterocycles. The van der Waals surface area contributed by atoms with Crippen molar-refractivity contribution in [1.82, 2.24) is 20.1 Å². The molecule has 1 atom stereocenters. The predicted molar refractivity (Wildman–Crippen MR) is 109 cm³/mol. The molecule has 0 spiro atoms. The van der Waals surface area contributed by atoms with Crippen molar-refractivity contribution in [3.63, 3.8) is 0 Å². The van der Waals surface area contributed by atoms with E-state index in [9.17, 15) is 9.59 Å². The van der Waals surface area contributed by atoms with Gasteiger partial charge < -0.3 is 10.2 Å². The van der Waals surface area contributed by atoms with Gasteiger partial charge >= 0.3 is 0 Å². The Morgan fingerprint density at radius 2 is 1.82 bits per heavy atom. The molecule has 2 heterocycles. The number of aromatic nitrogens is 1. The zero-order chi connectivity index (χ0) is 20.1. The van der Waals surface area contributed by atoms with E-state index in [1.54, 1.807) is 6.20 Å². The quantitative estimate of drug-likeness (QED) is 0.844. The minimum Gasteiger partial charge on any atom is -0.349 e. The molecule has 1 unspecified atom stereocenters. The van der Waals surface area contributed by atoms with Crippen molar-refractivity contribution >= 4 is 11.8 Å². The van der Waals surface area contributed by atoms with Crippen LogP contribution in [-0.2, 0) is 16.1 Å². The molecule has 1 N–H and O–H groups in total. The van der Waals surface area contributed by atoms with Gasteiger partial charge in [0.15, 0.2) is 0 Å². The SMILES string of the molecule is CC(C)(C)C(=O)N1CCN(C(C(=O)NCc2ccccn2)C2CCCC2)CC1. The van der Waals surface area contributed by atoms with Crippen molar-refractivity contribution in [3.8, 4) is 0 Å². The van der Waals surface area contributed by atoms with Crippen molar-refractivity contribution < 1.29 is 9.59 Å². The van der Waals surface area contributed by atoms with Gasteiger partial charge in [-0.25, -0.2) is 0 Å². The van der Waals surface area contributed by atoms with Gasteiger partial charge in [0.05, 0.1) is 18.3 Å². The number of rotatable bonds is 5. The predicted octanol–water partition coefficient (Wildman–Crippen LogP) is 2.45. The molecule has 1 aliphatic heterocycles. The van der Waals surface area contributed by atoms with Gasteiger partial charge in [-0.05, 0) is 30.9 Å². The summed E-state index contributed by atoms with van der Waals surface area (Å²) in [6.07, 6.45) is 6.39. The van der Waals surface area contributed by atoms with E-state index in [0.29, 0.717) is 25.6 Å². The summed E-state index contributed by atoms with van der Waals surface area (Å²) in [5, 5.41) is 3.11. The first-order valence-electron chi connectivity index (χ1n) is 10.6. The molecule has 2 fully saturated rings. The number of nitrogens with zero attached hydrogens (tertiary/aromatic N) is 3. The molecule has 2 aliphatic rings. The van der Waals surface area contributed by atoms with Crippen LogP contribution >= 0.6 is 0 Å². The lowest BCUT2D eigenvalue weighted by atomic mass is 9.93. The molecule has 0 radical (unpaired) electrons. The molecule has 6 heteroatoms. The van der Waals surface area contributed by atoms with Crippen LogP contribution in [0, 0.1) is 11.3 Å². The highest BCUT2D eigenvalue weighted by molar-refractivity contribution is 5.83. The second kappa shape index (κ2) is 9.03. The maximum absolute atomic E-state index is 13.1. The lowest BCUT2D eigenvalue weighted by Crippen LogP contribution is -2.58. The van der Waals surface area contributed by atoms with Crippen LogP contribution in [0.15, 0.2) is 24.4 Å². The number of carbonyl (C=O) groups excluding carboxylic acids is 2. The molecular formula is C22H34N4O2. The molecule has 1 aliphatic carbocycles. The van der Waals surface area contributed by atoms with E-state index < -0.39 is 0 Å². The fraction of sp³-hybridized carbons (Fsp3) is 0.682. The van der Waals surface area contributed by atoms with Crippen molar-refractivity contribution in [2.75, 3.05) is 26.2 Å². The van der Waals surface area contributed by atoms with Gasteiger partial charge in [0, 0.05) is 37.8 Å². The molecule has 0 bridgehead atoms. The minimum absolute atomic E-state index is 0.0990. The van der Waals surface area contributed by atoms with E-state index in [-0.39, 0.29) is 23.3 Å². The number of hydrogen-bond acceptors (Lipinski definition) is 4. The molecule has 2 amide bonds. The van der Waals surface area contributed by atoms with Gasteiger partial charge in [-0.1, -0.05) is 39.7 Å². The van der Waals surface area contributed by atoms with Crippen LogP contribution in [0.3, 0.4) is 0 Å². The fourth-order valence-corrected chi connectivity index (χ4v) is 4.41. The third kappa shape index (κ3) is 5.10. The Bertz CT molecular complexity index is 657. The summed E-state index contributed by atoms with van der Waals surface area (Å²) in [5.41, 5.74) is 0.522. The van der Waals surface area contributed by atoms with Crippen LogP contribution in [0.4, 0.5) is 0 Å². The van der Waals surface area contributed by atoms with E-state index in [0.717, 1.165) is 31.6 Å². The van der Waals surface area contributed by atoms with E-state index in [1.807, 2.05) is 43.9 Å². The van der Waals surface area contributed by atoms with Crippen molar-refractivity contribution in [1.29, 1.82) is 0 Å². The topological polar surface area (TPSA) is 65.5 Å². The highest BCUT2D eigenvalue weighted by atomic mass is 16.2. The summed E-state index contributed by atoms with van der Waals surface area (Å²) in [5.74, 6) is 0.714. The highest BCUT2D eigenvalue weighted by Gasteiger charge is 2.38. The normalized spacial score (nSPS) is 20.2. The zero-order valence-corrected chi connectivity index (χ0v) is 17.5. The molecule has 0 aromatic carbocycles. The van der Waals surface area contributed by atoms with Gasteiger partial charge in [0.1, 0.15) is 0 Å². The maximum atomic E-state index is 13.1. The van der Waals surface area contributed by atoms with Crippen LogP contribution in [0.1, 0.15) is 52.1 Å². The highest BCUT2D eigenvalue weighted by Crippen LogP contribution is 2.31. The largest absolute Gasteiger partial charge is 0.349 e. The summed E-state index contributed by atoms with van der Waals surface area (Å²) < 4.78 is 0. The van der Waals surface area contributed by atoms with Crippen molar-refractivity contribution in [2.45, 2.75) is 59.0 Å². The van der Waals surface area contributed by atoms with Crippen molar-refractivity contribution in [2.24, 2.45) is 11.3 Å². The minimum atomic E-state index is -0.354. The van der Waals surface area contributed by atoms with Crippen LogP contribution in [0.2, 0.25) is 0 Å². The van der Waals surface area contributed by atoms with E-state index in [2.05, 4.69) is 15.2 Å². The molecule has 1 saturated carbocycles. The smallest absolute Gasteiger partial charge is 0.237 e. The van der Waals surface area contributed by atoms with E-state index in [1.165, 1.54) is 12.8 Å². The van der Waals surface area contributed by atoms with Gasteiger partial charge in [0.25, 0.3) is 0 Å². The standard InChI is InChI=1S/C22H34N4O2/c1-22(2,3)21(28)26-14-12-25(13-15-26)19(17-8-4-5-9-17)20(27)24-16-18-10-6-7-11-23-18/h6-7,10-11,17,19H,4-5,8-9,12-16H2,1-3H3,(H,24,27). The first kappa shape index (κ1) is 20.8. The molecule has 1 aromatic rings.